The Labute approximate surface area is 81.4 Å². The van der Waals surface area contributed by atoms with Crippen LogP contribution < -0.4 is 5.48 Å². The van der Waals surface area contributed by atoms with Crippen LogP contribution in [-0.4, -0.2) is 27.5 Å². The van der Waals surface area contributed by atoms with E-state index in [0.717, 1.165) is 0 Å². The molecule has 0 fully saturated rings. The van der Waals surface area contributed by atoms with E-state index in [2.05, 4.69) is 10.6 Å². The molecule has 1 rings (SSSR count). The molecule has 0 bridgehead atoms. The van der Waals surface area contributed by atoms with E-state index in [-0.39, 0.29) is 5.56 Å². The van der Waals surface area contributed by atoms with Gasteiger partial charge in [-0.25, -0.2) is 4.79 Å². The van der Waals surface area contributed by atoms with Crippen LogP contribution in [-0.2, 0) is 18.4 Å². The zero-order valence-corrected chi connectivity index (χ0v) is 8.15. The highest BCUT2D eigenvalue weighted by atomic mass is 16.6. The quantitative estimate of drug-likeness (QED) is 0.521. The van der Waals surface area contributed by atoms with Gasteiger partial charge in [0.15, 0.2) is 0 Å². The lowest BCUT2D eigenvalue weighted by Gasteiger charge is -2.05. The van der Waals surface area contributed by atoms with Crippen LogP contribution in [0.2, 0.25) is 0 Å². The molecule has 0 atom stereocenters. The van der Waals surface area contributed by atoms with Gasteiger partial charge in [0.05, 0.1) is 25.0 Å². The Morgan fingerprint density at radius 3 is 3.07 bits per heavy atom. The molecule has 0 unspecified atom stereocenters. The van der Waals surface area contributed by atoms with Gasteiger partial charge in [0.25, 0.3) is 0 Å². The van der Waals surface area contributed by atoms with Crippen LogP contribution in [0, 0.1) is 0 Å². The first kappa shape index (κ1) is 10.7. The Morgan fingerprint density at radius 1 is 1.79 bits per heavy atom. The van der Waals surface area contributed by atoms with Crippen molar-refractivity contribution in [1.29, 1.82) is 0 Å². The molecule has 2 N–H and O–H groups in total. The summed E-state index contributed by atoms with van der Waals surface area (Å²) in [5, 5.41) is 12.7. The van der Waals surface area contributed by atoms with Gasteiger partial charge in [-0.1, -0.05) is 0 Å². The Bertz CT molecular complexity index is 322. The molecular weight excluding hydrogens is 186 g/mol. The number of nitrogens with one attached hydrogen (secondary N) is 1. The predicted molar refractivity (Wildman–Crippen MR) is 48.6 cm³/mol. The number of aromatic carboxylic acids is 1. The van der Waals surface area contributed by atoms with Gasteiger partial charge in [0, 0.05) is 7.05 Å². The third kappa shape index (κ3) is 2.30. The van der Waals surface area contributed by atoms with Crippen molar-refractivity contribution in [2.45, 2.75) is 13.5 Å². The highest BCUT2D eigenvalue weighted by Gasteiger charge is 2.14. The van der Waals surface area contributed by atoms with E-state index >= 15 is 0 Å². The molecule has 6 heteroatoms. The molecule has 0 spiro atoms. The van der Waals surface area contributed by atoms with Gasteiger partial charge in [-0.15, -0.1) is 0 Å². The molecule has 1 aromatic rings. The summed E-state index contributed by atoms with van der Waals surface area (Å²) in [7, 11) is 1.69. The lowest BCUT2D eigenvalue weighted by Crippen LogP contribution is -2.18. The number of aromatic nitrogens is 2. The number of carboxylic acid groups (broad SMARTS) is 1. The number of hydrogen-bond donors (Lipinski definition) is 2. The summed E-state index contributed by atoms with van der Waals surface area (Å²) in [5.41, 5.74) is 3.43. The second kappa shape index (κ2) is 4.73. The van der Waals surface area contributed by atoms with Crippen molar-refractivity contribution in [3.8, 4) is 0 Å². The van der Waals surface area contributed by atoms with Gasteiger partial charge >= 0.3 is 5.97 Å². The molecule has 0 aliphatic heterocycles. The third-order valence-corrected chi connectivity index (χ3v) is 1.78. The summed E-state index contributed by atoms with van der Waals surface area (Å²) in [6, 6.07) is 0. The van der Waals surface area contributed by atoms with Gasteiger partial charge in [0.1, 0.15) is 5.56 Å². The first-order valence-electron chi connectivity index (χ1n) is 4.25. The average molecular weight is 199 g/mol. The van der Waals surface area contributed by atoms with Gasteiger partial charge in [-0.2, -0.15) is 10.6 Å². The maximum Gasteiger partial charge on any atom is 0.339 e. The normalized spacial score (nSPS) is 10.4. The minimum atomic E-state index is -0.980. The number of hydrogen-bond acceptors (Lipinski definition) is 4. The van der Waals surface area contributed by atoms with Gasteiger partial charge in [-0.05, 0) is 6.92 Å². The van der Waals surface area contributed by atoms with E-state index in [9.17, 15) is 4.79 Å². The van der Waals surface area contributed by atoms with Crippen LogP contribution >= 0.6 is 0 Å². The minimum absolute atomic E-state index is 0.194. The maximum absolute atomic E-state index is 10.7. The lowest BCUT2D eigenvalue weighted by molar-refractivity contribution is 0.0444. The minimum Gasteiger partial charge on any atom is -0.478 e. The van der Waals surface area contributed by atoms with Crippen molar-refractivity contribution in [3.05, 3.63) is 17.5 Å². The molecule has 1 heterocycles. The molecule has 0 amide bonds. The fourth-order valence-corrected chi connectivity index (χ4v) is 1.07. The van der Waals surface area contributed by atoms with E-state index in [0.29, 0.717) is 18.8 Å². The highest BCUT2D eigenvalue weighted by Crippen LogP contribution is 2.06. The average Bonchev–Trinajstić information content (AvgIpc) is 2.48. The summed E-state index contributed by atoms with van der Waals surface area (Å²) >= 11 is 0. The van der Waals surface area contributed by atoms with E-state index < -0.39 is 5.97 Å². The van der Waals surface area contributed by atoms with Crippen LogP contribution in [0.15, 0.2) is 6.20 Å². The molecule has 0 aliphatic rings. The van der Waals surface area contributed by atoms with Gasteiger partial charge in [-0.3, -0.25) is 4.68 Å². The predicted octanol–water partition coefficient (Wildman–Crippen LogP) is 0.159. The molecule has 0 aromatic carbocycles. The van der Waals surface area contributed by atoms with Crippen molar-refractivity contribution in [3.63, 3.8) is 0 Å². The molecule has 6 nitrogen and oxygen atoms in total. The second-order valence-corrected chi connectivity index (χ2v) is 2.69. The molecule has 0 aliphatic carbocycles. The molecule has 1 aromatic heterocycles. The molecule has 0 radical (unpaired) electrons. The molecule has 78 valence electrons. The summed E-state index contributed by atoms with van der Waals surface area (Å²) < 4.78 is 1.51. The number of nitrogens with zero attached hydrogens (tertiary/aromatic N) is 2. The number of aryl methyl sites for hydroxylation is 1. The van der Waals surface area contributed by atoms with Crippen LogP contribution in [0.5, 0.6) is 0 Å². The first-order valence-corrected chi connectivity index (χ1v) is 4.25. The van der Waals surface area contributed by atoms with E-state index in [4.69, 9.17) is 9.94 Å². The third-order valence-electron chi connectivity index (χ3n) is 1.78. The van der Waals surface area contributed by atoms with Crippen LogP contribution in [0.1, 0.15) is 23.0 Å². The maximum atomic E-state index is 10.7. The number of rotatable bonds is 5. The fourth-order valence-electron chi connectivity index (χ4n) is 1.07. The van der Waals surface area contributed by atoms with Gasteiger partial charge in [0.2, 0.25) is 0 Å². The Hall–Kier alpha value is -1.40. The van der Waals surface area contributed by atoms with Crippen LogP contribution in [0.4, 0.5) is 0 Å². The Kier molecular flexibility index (Phi) is 3.61. The summed E-state index contributed by atoms with van der Waals surface area (Å²) in [5.74, 6) is -0.980. The van der Waals surface area contributed by atoms with Gasteiger partial charge < -0.3 is 9.94 Å². The van der Waals surface area contributed by atoms with Crippen molar-refractivity contribution >= 4 is 5.97 Å². The van der Waals surface area contributed by atoms with E-state index in [1.165, 1.54) is 10.9 Å². The van der Waals surface area contributed by atoms with E-state index in [1.54, 1.807) is 7.05 Å². The Morgan fingerprint density at radius 2 is 2.50 bits per heavy atom. The molecule has 0 saturated heterocycles. The monoisotopic (exact) mass is 199 g/mol. The number of carboxylic acids is 1. The molecule has 14 heavy (non-hydrogen) atoms. The summed E-state index contributed by atoms with van der Waals surface area (Å²) in [6.07, 6.45) is 1.32. The summed E-state index contributed by atoms with van der Waals surface area (Å²) in [6.45, 7) is 2.70. The zero-order valence-electron chi connectivity index (χ0n) is 8.15. The standard InChI is InChI=1S/C8H13N3O3/c1-3-14-10-5-7-6(8(12)13)4-9-11(7)2/h4,10H,3,5H2,1-2H3,(H,12,13). The SMILES string of the molecule is CCONCc1c(C(=O)O)cnn1C. The highest BCUT2D eigenvalue weighted by molar-refractivity contribution is 5.88. The first-order chi connectivity index (χ1) is 6.66. The second-order valence-electron chi connectivity index (χ2n) is 2.69. The summed E-state index contributed by atoms with van der Waals surface area (Å²) in [4.78, 5) is 15.7. The largest absolute Gasteiger partial charge is 0.478 e. The lowest BCUT2D eigenvalue weighted by atomic mass is 10.2. The van der Waals surface area contributed by atoms with Crippen molar-refractivity contribution in [2.24, 2.45) is 7.05 Å². The van der Waals surface area contributed by atoms with E-state index in [1.807, 2.05) is 6.92 Å². The fraction of sp³-hybridized carbons (Fsp3) is 0.500. The smallest absolute Gasteiger partial charge is 0.339 e. The van der Waals surface area contributed by atoms with Crippen molar-refractivity contribution < 1.29 is 14.7 Å². The van der Waals surface area contributed by atoms with Crippen LogP contribution in [0.3, 0.4) is 0 Å². The van der Waals surface area contributed by atoms with Crippen molar-refractivity contribution in [2.75, 3.05) is 6.61 Å². The Balaban J connectivity index is 2.72. The number of carbonyl (C=O) groups is 1. The number of hydroxylamine groups is 1. The van der Waals surface area contributed by atoms with Crippen LogP contribution in [0.25, 0.3) is 0 Å². The molecule has 0 saturated carbocycles. The van der Waals surface area contributed by atoms with Crippen molar-refractivity contribution in [1.82, 2.24) is 15.3 Å². The zero-order chi connectivity index (χ0) is 10.6. The molecular formula is C8H13N3O3. The topological polar surface area (TPSA) is 76.4 Å².